The summed E-state index contributed by atoms with van der Waals surface area (Å²) in [4.78, 5) is 0. The van der Waals surface area contributed by atoms with Gasteiger partial charge in [0.2, 0.25) is 0 Å². The lowest BCUT2D eigenvalue weighted by Gasteiger charge is -1.95. The molecule has 0 N–H and O–H groups in total. The van der Waals surface area contributed by atoms with Gasteiger partial charge in [-0.1, -0.05) is 36.4 Å². The van der Waals surface area contributed by atoms with Crippen LogP contribution >= 0.6 is 0 Å². The molecule has 0 unspecified atom stereocenters. The molecule has 0 aromatic heterocycles. The first kappa shape index (κ1) is 10.3. The molecule has 0 aliphatic carbocycles. The predicted octanol–water partition coefficient (Wildman–Crippen LogP) is 3.23. The van der Waals surface area contributed by atoms with Gasteiger partial charge in [0, 0.05) is 0 Å². The molecule has 0 fully saturated rings. The van der Waals surface area contributed by atoms with Crippen LogP contribution in [0.15, 0.2) is 48.6 Å². The zero-order chi connectivity index (χ0) is 10.2. The van der Waals surface area contributed by atoms with Crippen molar-refractivity contribution in [2.24, 2.45) is 0 Å². The molecule has 70 valence electrons. The Morgan fingerprint density at radius 2 is 2.21 bits per heavy atom. The fourth-order valence-electron chi connectivity index (χ4n) is 1.16. The van der Waals surface area contributed by atoms with Gasteiger partial charge in [-0.2, -0.15) is 5.26 Å². The summed E-state index contributed by atoms with van der Waals surface area (Å²) in [5.74, 6) is 0. The lowest BCUT2D eigenvalue weighted by atomic mass is 10.1. The van der Waals surface area contributed by atoms with Crippen LogP contribution in [0.2, 0.25) is 0 Å². The summed E-state index contributed by atoms with van der Waals surface area (Å²) in [5, 5.41) is 8.69. The number of nitriles is 1. The summed E-state index contributed by atoms with van der Waals surface area (Å²) in [6, 6.07) is 9.81. The second kappa shape index (κ2) is 5.77. The average molecular weight is 183 g/mol. The van der Waals surface area contributed by atoms with E-state index in [0.29, 0.717) is 0 Å². The van der Waals surface area contributed by atoms with Crippen LogP contribution in [0.5, 0.6) is 0 Å². The van der Waals surface area contributed by atoms with E-state index in [-0.39, 0.29) is 0 Å². The highest BCUT2D eigenvalue weighted by Crippen LogP contribution is 2.05. The zero-order valence-electron chi connectivity index (χ0n) is 8.27. The molecule has 0 saturated carbocycles. The normalized spacial score (nSPS) is 10.9. The molecule has 0 heterocycles. The van der Waals surface area contributed by atoms with Gasteiger partial charge in [-0.25, -0.2) is 0 Å². The number of hydrogen-bond acceptors (Lipinski definition) is 1. The molecular formula is C13H13N. The molecule has 0 aliphatic heterocycles. The van der Waals surface area contributed by atoms with Crippen molar-refractivity contribution in [1.82, 2.24) is 0 Å². The molecule has 1 aromatic carbocycles. The topological polar surface area (TPSA) is 23.8 Å². The van der Waals surface area contributed by atoms with Gasteiger partial charge in [-0.05, 0) is 31.0 Å². The van der Waals surface area contributed by atoms with Gasteiger partial charge in [0.15, 0.2) is 0 Å². The number of benzene rings is 1. The van der Waals surface area contributed by atoms with Gasteiger partial charge >= 0.3 is 0 Å². The Hall–Kier alpha value is -1.81. The third-order valence-corrected chi connectivity index (χ3v) is 1.85. The highest BCUT2D eigenvalue weighted by Gasteiger charge is 1.91. The second-order valence-corrected chi connectivity index (χ2v) is 2.97. The van der Waals surface area contributed by atoms with Crippen molar-refractivity contribution in [3.05, 3.63) is 59.7 Å². The van der Waals surface area contributed by atoms with E-state index in [0.717, 1.165) is 12.0 Å². The van der Waals surface area contributed by atoms with Gasteiger partial charge in [0.05, 0.1) is 11.6 Å². The maximum Gasteiger partial charge on any atom is 0.0991 e. The SMILES string of the molecule is C/C=C\C=C/Cc1cccc(C#N)c1. The van der Waals surface area contributed by atoms with Crippen LogP contribution in [0.1, 0.15) is 18.1 Å². The average Bonchev–Trinajstić information content (AvgIpc) is 2.25. The summed E-state index contributed by atoms with van der Waals surface area (Å²) in [6.07, 6.45) is 8.95. The first-order chi connectivity index (χ1) is 6.86. The Morgan fingerprint density at radius 3 is 2.93 bits per heavy atom. The molecule has 1 nitrogen and oxygen atoms in total. The minimum Gasteiger partial charge on any atom is -0.192 e. The van der Waals surface area contributed by atoms with Gasteiger partial charge in [0.1, 0.15) is 0 Å². The van der Waals surface area contributed by atoms with Crippen LogP contribution in [-0.2, 0) is 6.42 Å². The van der Waals surface area contributed by atoms with E-state index in [2.05, 4.69) is 12.1 Å². The number of allylic oxidation sites excluding steroid dienone is 4. The smallest absolute Gasteiger partial charge is 0.0991 e. The largest absolute Gasteiger partial charge is 0.192 e. The Kier molecular flexibility index (Phi) is 4.23. The minimum atomic E-state index is 0.724. The first-order valence-corrected chi connectivity index (χ1v) is 4.63. The van der Waals surface area contributed by atoms with Crippen LogP contribution in [-0.4, -0.2) is 0 Å². The van der Waals surface area contributed by atoms with E-state index in [1.165, 1.54) is 5.56 Å². The number of hydrogen-bond donors (Lipinski definition) is 0. The van der Waals surface area contributed by atoms with E-state index in [1.54, 1.807) is 0 Å². The van der Waals surface area contributed by atoms with Gasteiger partial charge in [-0.3, -0.25) is 0 Å². The summed E-state index contributed by atoms with van der Waals surface area (Å²) in [7, 11) is 0. The fraction of sp³-hybridized carbons (Fsp3) is 0.154. The number of rotatable bonds is 3. The van der Waals surface area contributed by atoms with Crippen LogP contribution in [0.25, 0.3) is 0 Å². The van der Waals surface area contributed by atoms with E-state index >= 15 is 0 Å². The molecule has 0 bridgehead atoms. The van der Waals surface area contributed by atoms with Crippen molar-refractivity contribution in [1.29, 1.82) is 5.26 Å². The van der Waals surface area contributed by atoms with E-state index in [1.807, 2.05) is 49.4 Å². The molecular weight excluding hydrogens is 170 g/mol. The first-order valence-electron chi connectivity index (χ1n) is 4.63. The molecule has 0 saturated heterocycles. The predicted molar refractivity (Wildman–Crippen MR) is 58.8 cm³/mol. The molecule has 14 heavy (non-hydrogen) atoms. The third kappa shape index (κ3) is 3.28. The van der Waals surface area contributed by atoms with Crippen LogP contribution in [0.4, 0.5) is 0 Å². The van der Waals surface area contributed by atoms with E-state index in [4.69, 9.17) is 5.26 Å². The van der Waals surface area contributed by atoms with E-state index in [9.17, 15) is 0 Å². The van der Waals surface area contributed by atoms with E-state index < -0.39 is 0 Å². The zero-order valence-corrected chi connectivity index (χ0v) is 8.27. The Bertz CT molecular complexity index is 380. The third-order valence-electron chi connectivity index (χ3n) is 1.85. The highest BCUT2D eigenvalue weighted by atomic mass is 14.2. The molecule has 1 heteroatoms. The van der Waals surface area contributed by atoms with Crippen molar-refractivity contribution in [3.63, 3.8) is 0 Å². The maximum absolute atomic E-state index is 8.69. The summed E-state index contributed by atoms with van der Waals surface area (Å²) in [5.41, 5.74) is 1.90. The fourth-order valence-corrected chi connectivity index (χ4v) is 1.16. The van der Waals surface area contributed by atoms with Crippen LogP contribution < -0.4 is 0 Å². The quantitative estimate of drug-likeness (QED) is 0.660. The summed E-state index contributed by atoms with van der Waals surface area (Å²) < 4.78 is 0. The van der Waals surface area contributed by atoms with Crippen molar-refractivity contribution in [3.8, 4) is 6.07 Å². The molecule has 1 aromatic rings. The van der Waals surface area contributed by atoms with Crippen LogP contribution in [0.3, 0.4) is 0 Å². The lowest BCUT2D eigenvalue weighted by molar-refractivity contribution is 1.26. The molecule has 0 spiro atoms. The van der Waals surface area contributed by atoms with Gasteiger partial charge < -0.3 is 0 Å². The van der Waals surface area contributed by atoms with Crippen molar-refractivity contribution in [2.45, 2.75) is 13.3 Å². The maximum atomic E-state index is 8.69. The highest BCUT2D eigenvalue weighted by molar-refractivity contribution is 5.33. The molecule has 0 aliphatic rings. The molecule has 1 rings (SSSR count). The molecule has 0 atom stereocenters. The Balaban J connectivity index is 2.64. The lowest BCUT2D eigenvalue weighted by Crippen LogP contribution is -1.82. The van der Waals surface area contributed by atoms with Crippen molar-refractivity contribution < 1.29 is 0 Å². The van der Waals surface area contributed by atoms with Crippen molar-refractivity contribution >= 4 is 0 Å². The second-order valence-electron chi connectivity index (χ2n) is 2.97. The molecule has 0 amide bonds. The minimum absolute atomic E-state index is 0.724. The number of nitrogens with zero attached hydrogens (tertiary/aromatic N) is 1. The van der Waals surface area contributed by atoms with Crippen molar-refractivity contribution in [2.75, 3.05) is 0 Å². The summed E-state index contributed by atoms with van der Waals surface area (Å²) in [6.45, 7) is 1.99. The Morgan fingerprint density at radius 1 is 1.36 bits per heavy atom. The summed E-state index contributed by atoms with van der Waals surface area (Å²) >= 11 is 0. The Labute approximate surface area is 85.0 Å². The standard InChI is InChI=1S/C13H13N/c1-2-3-4-5-7-12-8-6-9-13(10-12)11-14/h2-6,8-10H,7H2,1H3/b3-2-,5-4-. The van der Waals surface area contributed by atoms with Crippen LogP contribution in [0, 0.1) is 11.3 Å². The molecule has 0 radical (unpaired) electrons. The van der Waals surface area contributed by atoms with Gasteiger partial charge in [-0.15, -0.1) is 0 Å². The van der Waals surface area contributed by atoms with Gasteiger partial charge in [0.25, 0.3) is 0 Å². The monoisotopic (exact) mass is 183 g/mol.